The van der Waals surface area contributed by atoms with Crippen LogP contribution in [-0.4, -0.2) is 58.1 Å². The topological polar surface area (TPSA) is 98.8 Å². The van der Waals surface area contributed by atoms with Gasteiger partial charge in [-0.3, -0.25) is 4.79 Å². The minimum absolute atomic E-state index is 0.00525. The van der Waals surface area contributed by atoms with Crippen molar-refractivity contribution in [2.45, 2.75) is 31.8 Å². The second-order valence-electron chi connectivity index (χ2n) is 5.71. The number of hydrogen-bond acceptors (Lipinski definition) is 6. The molecule has 3 heterocycles. The third kappa shape index (κ3) is 3.01. The van der Waals surface area contributed by atoms with Crippen LogP contribution >= 0.6 is 0 Å². The number of hydrogen-bond donors (Lipinski definition) is 3. The molecule has 0 aliphatic carbocycles. The van der Waals surface area contributed by atoms with E-state index in [4.69, 9.17) is 0 Å². The van der Waals surface area contributed by atoms with Crippen molar-refractivity contribution < 1.29 is 4.79 Å². The van der Waals surface area contributed by atoms with Crippen molar-refractivity contribution in [1.29, 1.82) is 0 Å². The van der Waals surface area contributed by atoms with Crippen LogP contribution in [0.5, 0.6) is 0 Å². The first-order chi connectivity index (χ1) is 10.6. The van der Waals surface area contributed by atoms with Crippen molar-refractivity contribution in [2.75, 3.05) is 25.0 Å². The molecule has 22 heavy (non-hydrogen) atoms. The summed E-state index contributed by atoms with van der Waals surface area (Å²) in [5.41, 5.74) is 1.34. The Balaban J connectivity index is 1.64. The molecule has 0 aromatic carbocycles. The predicted molar refractivity (Wildman–Crippen MR) is 83.6 cm³/mol. The van der Waals surface area contributed by atoms with Gasteiger partial charge in [0.2, 0.25) is 5.91 Å². The molecule has 8 heteroatoms. The maximum atomic E-state index is 12.3. The van der Waals surface area contributed by atoms with Crippen molar-refractivity contribution >= 4 is 22.9 Å². The SMILES string of the molecule is CC1NCCCC1NC(=O)CN(C)c1ncnc2nc[nH]c12. The van der Waals surface area contributed by atoms with Gasteiger partial charge in [-0.25, -0.2) is 15.0 Å². The van der Waals surface area contributed by atoms with Crippen LogP contribution in [0, 0.1) is 0 Å². The molecule has 2 atom stereocenters. The molecule has 1 aliphatic heterocycles. The van der Waals surface area contributed by atoms with E-state index in [1.54, 1.807) is 11.2 Å². The number of imidazole rings is 1. The third-order valence-electron chi connectivity index (χ3n) is 4.05. The summed E-state index contributed by atoms with van der Waals surface area (Å²) in [4.78, 5) is 29.5. The summed E-state index contributed by atoms with van der Waals surface area (Å²) in [6.45, 7) is 3.37. The Hall–Kier alpha value is -2.22. The number of likely N-dealkylation sites (N-methyl/N-ethyl adjacent to an activating group) is 1. The van der Waals surface area contributed by atoms with Crippen LogP contribution in [0.2, 0.25) is 0 Å². The number of nitrogens with zero attached hydrogens (tertiary/aromatic N) is 4. The molecule has 3 rings (SSSR count). The fraction of sp³-hybridized carbons (Fsp3) is 0.571. The molecule has 0 radical (unpaired) electrons. The number of nitrogens with one attached hydrogen (secondary N) is 3. The molecule has 2 aromatic heterocycles. The van der Waals surface area contributed by atoms with Gasteiger partial charge in [-0.1, -0.05) is 0 Å². The summed E-state index contributed by atoms with van der Waals surface area (Å²) in [5, 5.41) is 6.48. The molecule has 1 saturated heterocycles. The van der Waals surface area contributed by atoms with Gasteiger partial charge in [-0.2, -0.15) is 0 Å². The van der Waals surface area contributed by atoms with Gasteiger partial charge in [0.1, 0.15) is 11.8 Å². The molecule has 3 N–H and O–H groups in total. The summed E-state index contributed by atoms with van der Waals surface area (Å²) in [6, 6.07) is 0.494. The lowest BCUT2D eigenvalue weighted by Crippen LogP contribution is -2.53. The number of fused-ring (bicyclic) bond motifs is 1. The fourth-order valence-corrected chi connectivity index (χ4v) is 2.83. The summed E-state index contributed by atoms with van der Waals surface area (Å²) >= 11 is 0. The predicted octanol–water partition coefficient (Wildman–Crippen LogP) is 0.0458. The first kappa shape index (κ1) is 14.7. The molecule has 0 bridgehead atoms. The van der Waals surface area contributed by atoms with Gasteiger partial charge in [0.15, 0.2) is 11.5 Å². The second kappa shape index (κ2) is 6.27. The lowest BCUT2D eigenvalue weighted by Gasteiger charge is -2.31. The highest BCUT2D eigenvalue weighted by Crippen LogP contribution is 2.17. The highest BCUT2D eigenvalue weighted by Gasteiger charge is 2.23. The summed E-state index contributed by atoms with van der Waals surface area (Å²) in [6.07, 6.45) is 5.14. The zero-order valence-corrected chi connectivity index (χ0v) is 12.8. The second-order valence-corrected chi connectivity index (χ2v) is 5.71. The molecular formula is C14H21N7O. The average Bonchev–Trinajstić information content (AvgIpc) is 2.97. The Morgan fingerprint density at radius 1 is 1.45 bits per heavy atom. The van der Waals surface area contributed by atoms with Crippen LogP contribution in [-0.2, 0) is 4.79 Å². The maximum absolute atomic E-state index is 12.3. The van der Waals surface area contributed by atoms with E-state index >= 15 is 0 Å². The smallest absolute Gasteiger partial charge is 0.239 e. The molecule has 1 fully saturated rings. The number of carbonyl (C=O) groups is 1. The summed E-state index contributed by atoms with van der Waals surface area (Å²) in [5.74, 6) is 0.668. The number of aromatic nitrogens is 4. The van der Waals surface area contributed by atoms with Crippen LogP contribution in [0.4, 0.5) is 5.82 Å². The van der Waals surface area contributed by atoms with E-state index in [2.05, 4.69) is 37.5 Å². The standard InChI is InChI=1S/C14H21N7O/c1-9-10(4-3-5-15-9)20-11(22)6-21(2)14-12-13(17-7-16-12)18-8-19-14/h7-10,15H,3-6H2,1-2H3,(H,20,22)(H,16,17,18,19). The van der Waals surface area contributed by atoms with E-state index in [0.29, 0.717) is 17.5 Å². The highest BCUT2D eigenvalue weighted by molar-refractivity contribution is 5.87. The molecule has 118 valence electrons. The summed E-state index contributed by atoms with van der Waals surface area (Å²) < 4.78 is 0. The molecule has 2 unspecified atom stereocenters. The van der Waals surface area contributed by atoms with Crippen LogP contribution in [0.1, 0.15) is 19.8 Å². The molecule has 0 spiro atoms. The first-order valence-corrected chi connectivity index (χ1v) is 7.53. The molecule has 0 saturated carbocycles. The van der Waals surface area contributed by atoms with Gasteiger partial charge in [-0.15, -0.1) is 0 Å². The van der Waals surface area contributed by atoms with E-state index < -0.39 is 0 Å². The number of anilines is 1. The van der Waals surface area contributed by atoms with Gasteiger partial charge < -0.3 is 20.5 Å². The minimum Gasteiger partial charge on any atom is -0.350 e. The monoisotopic (exact) mass is 303 g/mol. The van der Waals surface area contributed by atoms with Crippen molar-refractivity contribution in [1.82, 2.24) is 30.6 Å². The fourth-order valence-electron chi connectivity index (χ4n) is 2.83. The van der Waals surface area contributed by atoms with E-state index in [9.17, 15) is 4.79 Å². The molecule has 2 aromatic rings. The number of rotatable bonds is 4. The van der Waals surface area contributed by atoms with E-state index in [1.165, 1.54) is 6.33 Å². The van der Waals surface area contributed by atoms with Crippen molar-refractivity contribution in [2.24, 2.45) is 0 Å². The lowest BCUT2D eigenvalue weighted by atomic mass is 10.00. The van der Waals surface area contributed by atoms with Crippen LogP contribution < -0.4 is 15.5 Å². The normalized spacial score (nSPS) is 21.7. The number of carbonyl (C=O) groups excluding carboxylic acids is 1. The number of amides is 1. The van der Waals surface area contributed by atoms with Gasteiger partial charge in [-0.05, 0) is 26.3 Å². The lowest BCUT2D eigenvalue weighted by molar-refractivity contribution is -0.120. The zero-order chi connectivity index (χ0) is 15.5. The van der Waals surface area contributed by atoms with E-state index in [0.717, 1.165) is 24.9 Å². The highest BCUT2D eigenvalue weighted by atomic mass is 16.2. The maximum Gasteiger partial charge on any atom is 0.239 e. The zero-order valence-electron chi connectivity index (χ0n) is 12.8. The van der Waals surface area contributed by atoms with E-state index in [1.807, 2.05) is 7.05 Å². The van der Waals surface area contributed by atoms with Gasteiger partial charge in [0.25, 0.3) is 0 Å². The average molecular weight is 303 g/mol. The quantitative estimate of drug-likeness (QED) is 0.738. The van der Waals surface area contributed by atoms with Crippen LogP contribution in [0.3, 0.4) is 0 Å². The van der Waals surface area contributed by atoms with Crippen LogP contribution in [0.25, 0.3) is 11.2 Å². The molecular weight excluding hydrogens is 282 g/mol. The Bertz CT molecular complexity index is 655. The third-order valence-corrected chi connectivity index (χ3v) is 4.05. The largest absolute Gasteiger partial charge is 0.350 e. The Morgan fingerprint density at radius 3 is 3.14 bits per heavy atom. The van der Waals surface area contributed by atoms with Gasteiger partial charge in [0.05, 0.1) is 12.9 Å². The minimum atomic E-state index is -0.00525. The van der Waals surface area contributed by atoms with Crippen molar-refractivity contribution in [3.05, 3.63) is 12.7 Å². The molecule has 8 nitrogen and oxygen atoms in total. The number of H-pyrrole nitrogens is 1. The van der Waals surface area contributed by atoms with Crippen LogP contribution in [0.15, 0.2) is 12.7 Å². The first-order valence-electron chi connectivity index (χ1n) is 7.53. The van der Waals surface area contributed by atoms with E-state index in [-0.39, 0.29) is 18.5 Å². The number of aromatic amines is 1. The molecule has 1 aliphatic rings. The molecule has 1 amide bonds. The van der Waals surface area contributed by atoms with Crippen molar-refractivity contribution in [3.63, 3.8) is 0 Å². The Morgan fingerprint density at radius 2 is 2.32 bits per heavy atom. The van der Waals surface area contributed by atoms with Gasteiger partial charge >= 0.3 is 0 Å². The Kier molecular flexibility index (Phi) is 4.19. The van der Waals surface area contributed by atoms with Crippen molar-refractivity contribution in [3.8, 4) is 0 Å². The number of piperidine rings is 1. The Labute approximate surface area is 128 Å². The van der Waals surface area contributed by atoms with Gasteiger partial charge in [0, 0.05) is 19.1 Å². The summed E-state index contributed by atoms with van der Waals surface area (Å²) in [7, 11) is 1.84.